The SMILES string of the molecule is CCOC(=O)CC(O)c1c(Cl)cc(Br)cc1Cl. The van der Waals surface area contributed by atoms with Gasteiger partial charge >= 0.3 is 5.97 Å². The van der Waals surface area contributed by atoms with Crippen molar-refractivity contribution in [1.29, 1.82) is 0 Å². The maximum atomic E-state index is 11.2. The lowest BCUT2D eigenvalue weighted by atomic mass is 10.1. The average molecular weight is 342 g/mol. The van der Waals surface area contributed by atoms with Gasteiger partial charge in [-0.3, -0.25) is 4.79 Å². The Kier molecular flexibility index (Phi) is 5.73. The first-order valence-corrected chi connectivity index (χ1v) is 6.48. The standard InChI is InChI=1S/C11H11BrCl2O3/c1-2-17-10(16)5-9(15)11-7(13)3-6(12)4-8(11)14/h3-4,9,15H,2,5H2,1H3. The molecule has 0 aliphatic heterocycles. The molecular formula is C11H11BrCl2O3. The van der Waals surface area contributed by atoms with Gasteiger partial charge in [0.1, 0.15) is 0 Å². The Morgan fingerprint density at radius 3 is 2.47 bits per heavy atom. The van der Waals surface area contributed by atoms with Crippen LogP contribution < -0.4 is 0 Å². The van der Waals surface area contributed by atoms with E-state index in [1.807, 2.05) is 0 Å². The molecule has 1 aromatic carbocycles. The van der Waals surface area contributed by atoms with Gasteiger partial charge in [0.15, 0.2) is 0 Å². The lowest BCUT2D eigenvalue weighted by Crippen LogP contribution is -2.10. The second kappa shape index (κ2) is 6.59. The summed E-state index contributed by atoms with van der Waals surface area (Å²) in [5.41, 5.74) is 0.338. The Morgan fingerprint density at radius 1 is 1.47 bits per heavy atom. The second-order valence-corrected chi connectivity index (χ2v) is 5.04. The van der Waals surface area contributed by atoms with Crippen molar-refractivity contribution in [2.75, 3.05) is 6.61 Å². The summed E-state index contributed by atoms with van der Waals surface area (Å²) in [5.74, 6) is -0.491. The third-order valence-electron chi connectivity index (χ3n) is 2.04. The molecule has 1 aromatic rings. The maximum Gasteiger partial charge on any atom is 0.308 e. The first-order valence-electron chi connectivity index (χ1n) is 4.93. The summed E-state index contributed by atoms with van der Waals surface area (Å²) >= 11 is 15.2. The molecule has 1 N–H and O–H groups in total. The summed E-state index contributed by atoms with van der Waals surface area (Å²) in [7, 11) is 0. The van der Waals surface area contributed by atoms with Crippen LogP contribution in [0.3, 0.4) is 0 Å². The zero-order valence-corrected chi connectivity index (χ0v) is 12.1. The number of hydrogen-bond donors (Lipinski definition) is 1. The molecule has 0 bridgehead atoms. The molecule has 6 heteroatoms. The minimum atomic E-state index is -1.07. The monoisotopic (exact) mass is 340 g/mol. The van der Waals surface area contributed by atoms with E-state index in [1.54, 1.807) is 19.1 Å². The Labute approximate surface area is 118 Å². The lowest BCUT2D eigenvalue weighted by Gasteiger charge is -2.14. The van der Waals surface area contributed by atoms with Gasteiger partial charge in [-0.1, -0.05) is 39.1 Å². The molecule has 0 aliphatic carbocycles. The number of aliphatic hydroxyl groups is 1. The van der Waals surface area contributed by atoms with E-state index in [0.29, 0.717) is 20.1 Å². The molecule has 0 heterocycles. The topological polar surface area (TPSA) is 46.5 Å². The normalized spacial score (nSPS) is 12.3. The van der Waals surface area contributed by atoms with Gasteiger partial charge in [-0.15, -0.1) is 0 Å². The molecule has 0 radical (unpaired) electrons. The molecule has 0 saturated heterocycles. The Morgan fingerprint density at radius 2 is 2.00 bits per heavy atom. The Bertz CT molecular complexity index is 400. The van der Waals surface area contributed by atoms with Crippen molar-refractivity contribution in [3.8, 4) is 0 Å². The van der Waals surface area contributed by atoms with Crippen LogP contribution in [0.1, 0.15) is 25.0 Å². The van der Waals surface area contributed by atoms with Crippen LogP contribution in [-0.2, 0) is 9.53 Å². The van der Waals surface area contributed by atoms with E-state index < -0.39 is 12.1 Å². The first kappa shape index (κ1) is 14.8. The molecule has 94 valence electrons. The van der Waals surface area contributed by atoms with Gasteiger partial charge in [-0.2, -0.15) is 0 Å². The van der Waals surface area contributed by atoms with Crippen LogP contribution in [0.2, 0.25) is 10.0 Å². The van der Waals surface area contributed by atoms with Gasteiger partial charge in [0, 0.05) is 20.1 Å². The van der Waals surface area contributed by atoms with Crippen molar-refractivity contribution >= 4 is 45.1 Å². The van der Waals surface area contributed by atoms with Crippen LogP contribution in [0.25, 0.3) is 0 Å². The summed E-state index contributed by atoms with van der Waals surface area (Å²) < 4.78 is 5.45. The molecule has 0 aromatic heterocycles. The molecule has 3 nitrogen and oxygen atoms in total. The van der Waals surface area contributed by atoms with Gasteiger partial charge in [0.05, 0.1) is 19.1 Å². The van der Waals surface area contributed by atoms with Gasteiger partial charge in [0.25, 0.3) is 0 Å². The molecule has 1 rings (SSSR count). The van der Waals surface area contributed by atoms with Crippen LogP contribution in [0.15, 0.2) is 16.6 Å². The van der Waals surface area contributed by atoms with Gasteiger partial charge < -0.3 is 9.84 Å². The van der Waals surface area contributed by atoms with Crippen molar-refractivity contribution in [1.82, 2.24) is 0 Å². The third-order valence-corrected chi connectivity index (χ3v) is 3.13. The largest absolute Gasteiger partial charge is 0.466 e. The summed E-state index contributed by atoms with van der Waals surface area (Å²) in [6, 6.07) is 3.22. The van der Waals surface area contributed by atoms with E-state index in [2.05, 4.69) is 15.9 Å². The smallest absolute Gasteiger partial charge is 0.308 e. The van der Waals surface area contributed by atoms with Crippen LogP contribution in [0, 0.1) is 0 Å². The molecule has 0 aliphatic rings. The summed E-state index contributed by atoms with van der Waals surface area (Å²) in [4.78, 5) is 11.2. The number of halogens is 3. The number of benzene rings is 1. The molecule has 17 heavy (non-hydrogen) atoms. The molecule has 0 saturated carbocycles. The number of carbonyl (C=O) groups is 1. The van der Waals surface area contributed by atoms with Crippen LogP contribution in [0.4, 0.5) is 0 Å². The van der Waals surface area contributed by atoms with Gasteiger partial charge in [0.2, 0.25) is 0 Å². The van der Waals surface area contributed by atoms with E-state index in [4.69, 9.17) is 27.9 Å². The van der Waals surface area contributed by atoms with Gasteiger partial charge in [-0.05, 0) is 19.1 Å². The van der Waals surface area contributed by atoms with E-state index >= 15 is 0 Å². The van der Waals surface area contributed by atoms with Crippen LogP contribution >= 0.6 is 39.1 Å². The highest BCUT2D eigenvalue weighted by Gasteiger charge is 2.20. The second-order valence-electron chi connectivity index (χ2n) is 3.31. The van der Waals surface area contributed by atoms with Crippen LogP contribution in [-0.4, -0.2) is 17.7 Å². The van der Waals surface area contributed by atoms with Gasteiger partial charge in [-0.25, -0.2) is 0 Å². The molecule has 0 amide bonds. The quantitative estimate of drug-likeness (QED) is 0.848. The molecule has 1 atom stereocenters. The fourth-order valence-electron chi connectivity index (χ4n) is 1.35. The summed E-state index contributed by atoms with van der Waals surface area (Å²) in [6.45, 7) is 1.97. The fraction of sp³-hybridized carbons (Fsp3) is 0.364. The molecular weight excluding hydrogens is 331 g/mol. The fourth-order valence-corrected chi connectivity index (χ4v) is 2.81. The minimum Gasteiger partial charge on any atom is -0.466 e. The Balaban J connectivity index is 2.89. The summed E-state index contributed by atoms with van der Waals surface area (Å²) in [6.07, 6.45) is -1.24. The highest BCUT2D eigenvalue weighted by Crippen LogP contribution is 2.35. The number of esters is 1. The van der Waals surface area contributed by atoms with E-state index in [0.717, 1.165) is 0 Å². The Hall–Kier alpha value is -0.290. The predicted octanol–water partition coefficient (Wildman–Crippen LogP) is 3.74. The van der Waals surface area contributed by atoms with Crippen LogP contribution in [0.5, 0.6) is 0 Å². The molecule has 1 unspecified atom stereocenters. The number of hydrogen-bond acceptors (Lipinski definition) is 3. The van der Waals surface area contributed by atoms with E-state index in [1.165, 1.54) is 0 Å². The predicted molar refractivity (Wildman–Crippen MR) is 70.4 cm³/mol. The minimum absolute atomic E-state index is 0.172. The third kappa shape index (κ3) is 4.14. The van der Waals surface area contributed by atoms with Crippen molar-refractivity contribution < 1.29 is 14.6 Å². The number of carbonyl (C=O) groups excluding carboxylic acids is 1. The van der Waals surface area contributed by atoms with E-state index in [-0.39, 0.29) is 13.0 Å². The van der Waals surface area contributed by atoms with Crippen molar-refractivity contribution in [3.63, 3.8) is 0 Å². The number of rotatable bonds is 4. The molecule has 0 spiro atoms. The maximum absolute atomic E-state index is 11.2. The highest BCUT2D eigenvalue weighted by atomic mass is 79.9. The van der Waals surface area contributed by atoms with Crippen molar-refractivity contribution in [3.05, 3.63) is 32.2 Å². The van der Waals surface area contributed by atoms with E-state index in [9.17, 15) is 9.90 Å². The van der Waals surface area contributed by atoms with Crippen molar-refractivity contribution in [2.45, 2.75) is 19.4 Å². The summed E-state index contributed by atoms with van der Waals surface area (Å²) in [5, 5.41) is 10.5. The molecule has 0 fully saturated rings. The number of aliphatic hydroxyl groups excluding tert-OH is 1. The van der Waals surface area contributed by atoms with Crippen molar-refractivity contribution in [2.24, 2.45) is 0 Å². The zero-order valence-electron chi connectivity index (χ0n) is 9.04. The number of ether oxygens (including phenoxy) is 1. The zero-order chi connectivity index (χ0) is 13.0. The average Bonchev–Trinajstić information content (AvgIpc) is 2.15. The first-order chi connectivity index (χ1) is 7.95. The highest BCUT2D eigenvalue weighted by molar-refractivity contribution is 9.10. The lowest BCUT2D eigenvalue weighted by molar-refractivity contribution is -0.145.